The van der Waals surface area contributed by atoms with Gasteiger partial charge in [0, 0.05) is 52.5 Å². The molecule has 1 saturated heterocycles. The van der Waals surface area contributed by atoms with Crippen LogP contribution in [0.15, 0.2) is 47.6 Å². The molecular formula is C21H31IN6O. The number of halogens is 1. The molecule has 7 nitrogen and oxygen atoms in total. The Morgan fingerprint density at radius 2 is 1.69 bits per heavy atom. The Bertz CT molecular complexity index is 775. The van der Waals surface area contributed by atoms with Crippen molar-refractivity contribution in [3.05, 3.63) is 53.7 Å². The maximum absolute atomic E-state index is 5.19. The fraction of sp³-hybridized carbons (Fsp3) is 0.429. The molecule has 0 radical (unpaired) electrons. The van der Waals surface area contributed by atoms with Crippen molar-refractivity contribution in [1.82, 2.24) is 20.5 Å². The van der Waals surface area contributed by atoms with Crippen LogP contribution in [-0.2, 0) is 13.1 Å². The molecular weight excluding hydrogens is 479 g/mol. The first-order chi connectivity index (χ1) is 13.7. The van der Waals surface area contributed by atoms with E-state index in [0.29, 0.717) is 13.1 Å². The fourth-order valence-corrected chi connectivity index (χ4v) is 3.11. The number of hydrogen-bond acceptors (Lipinski definition) is 5. The minimum atomic E-state index is 0. The number of ether oxygens (including phenoxy) is 1. The molecule has 0 bridgehead atoms. The van der Waals surface area contributed by atoms with Crippen LogP contribution in [0.5, 0.6) is 5.75 Å². The van der Waals surface area contributed by atoms with Gasteiger partial charge in [-0.2, -0.15) is 0 Å². The predicted molar refractivity (Wildman–Crippen MR) is 129 cm³/mol. The number of nitrogens with one attached hydrogen (secondary N) is 2. The van der Waals surface area contributed by atoms with Gasteiger partial charge in [0.2, 0.25) is 0 Å². The number of methoxy groups -OCH3 is 1. The highest BCUT2D eigenvalue weighted by atomic mass is 127. The largest absolute Gasteiger partial charge is 0.497 e. The first-order valence-electron chi connectivity index (χ1n) is 9.64. The van der Waals surface area contributed by atoms with E-state index < -0.39 is 0 Å². The zero-order valence-electron chi connectivity index (χ0n) is 17.4. The average molecular weight is 510 g/mol. The van der Waals surface area contributed by atoms with Crippen LogP contribution in [0.1, 0.15) is 11.1 Å². The number of guanidine groups is 1. The summed E-state index contributed by atoms with van der Waals surface area (Å²) in [5.74, 6) is 2.68. The number of rotatable bonds is 6. The second kappa shape index (κ2) is 11.8. The summed E-state index contributed by atoms with van der Waals surface area (Å²) < 4.78 is 5.19. The molecule has 0 unspecified atom stereocenters. The molecule has 158 valence electrons. The average Bonchev–Trinajstić information content (AvgIpc) is 2.75. The Balaban J connectivity index is 0.00000300. The van der Waals surface area contributed by atoms with Crippen molar-refractivity contribution in [3.8, 4) is 5.75 Å². The normalized spacial score (nSPS) is 14.9. The van der Waals surface area contributed by atoms with E-state index in [1.807, 2.05) is 36.5 Å². The van der Waals surface area contributed by atoms with Crippen molar-refractivity contribution in [2.75, 3.05) is 52.3 Å². The summed E-state index contributed by atoms with van der Waals surface area (Å²) >= 11 is 0. The van der Waals surface area contributed by atoms with Crippen LogP contribution in [0.4, 0.5) is 5.82 Å². The van der Waals surface area contributed by atoms with Crippen LogP contribution in [0.25, 0.3) is 0 Å². The standard InChI is InChI=1S/C21H30N6O.HI/c1-22-21(24-15-17-4-6-19(28-3)7-5-17)25-16-18-8-9-23-20(14-18)27-12-10-26(2)11-13-27;/h4-9,14H,10-13,15-16H2,1-3H3,(H2,22,24,25);1H. The second-order valence-corrected chi connectivity index (χ2v) is 6.94. The van der Waals surface area contributed by atoms with E-state index in [1.54, 1.807) is 14.2 Å². The Kier molecular flexibility index (Phi) is 9.46. The van der Waals surface area contributed by atoms with Crippen LogP contribution in [0.2, 0.25) is 0 Å². The number of aliphatic imine (C=N–C) groups is 1. The number of aromatic nitrogens is 1. The van der Waals surface area contributed by atoms with Gasteiger partial charge in [-0.25, -0.2) is 4.98 Å². The van der Waals surface area contributed by atoms with Gasteiger partial charge in [-0.05, 0) is 42.4 Å². The summed E-state index contributed by atoms with van der Waals surface area (Å²) in [5.41, 5.74) is 2.36. The molecule has 1 aliphatic rings. The Labute approximate surface area is 190 Å². The number of anilines is 1. The minimum absolute atomic E-state index is 0. The van der Waals surface area contributed by atoms with Crippen LogP contribution in [-0.4, -0.2) is 63.2 Å². The summed E-state index contributed by atoms with van der Waals surface area (Å²) in [5, 5.41) is 6.72. The van der Waals surface area contributed by atoms with Gasteiger partial charge in [-0.1, -0.05) is 12.1 Å². The number of piperazine rings is 1. The molecule has 2 N–H and O–H groups in total. The van der Waals surface area contributed by atoms with Crippen molar-refractivity contribution in [2.24, 2.45) is 4.99 Å². The van der Waals surface area contributed by atoms with Gasteiger partial charge >= 0.3 is 0 Å². The lowest BCUT2D eigenvalue weighted by atomic mass is 10.2. The molecule has 0 spiro atoms. The highest BCUT2D eigenvalue weighted by Crippen LogP contribution is 2.15. The predicted octanol–water partition coefficient (Wildman–Crippen LogP) is 2.33. The quantitative estimate of drug-likeness (QED) is 0.354. The molecule has 29 heavy (non-hydrogen) atoms. The molecule has 3 rings (SSSR count). The van der Waals surface area contributed by atoms with Crippen LogP contribution in [0, 0.1) is 0 Å². The van der Waals surface area contributed by atoms with Crippen molar-refractivity contribution in [2.45, 2.75) is 13.1 Å². The van der Waals surface area contributed by atoms with Gasteiger partial charge < -0.3 is 25.2 Å². The molecule has 1 aliphatic heterocycles. The Morgan fingerprint density at radius 1 is 1.03 bits per heavy atom. The van der Waals surface area contributed by atoms with Gasteiger partial charge in [0.05, 0.1) is 7.11 Å². The molecule has 0 aliphatic carbocycles. The van der Waals surface area contributed by atoms with E-state index >= 15 is 0 Å². The molecule has 0 saturated carbocycles. The molecule has 8 heteroatoms. The van der Waals surface area contributed by atoms with Crippen LogP contribution in [0.3, 0.4) is 0 Å². The summed E-state index contributed by atoms with van der Waals surface area (Å²) in [6, 6.07) is 12.2. The maximum atomic E-state index is 5.19. The Morgan fingerprint density at radius 3 is 2.31 bits per heavy atom. The van der Waals surface area contributed by atoms with Crippen molar-refractivity contribution < 1.29 is 4.74 Å². The lowest BCUT2D eigenvalue weighted by Crippen LogP contribution is -2.44. The second-order valence-electron chi connectivity index (χ2n) is 6.94. The van der Waals surface area contributed by atoms with Crippen LogP contribution < -0.4 is 20.3 Å². The van der Waals surface area contributed by atoms with E-state index in [9.17, 15) is 0 Å². The zero-order chi connectivity index (χ0) is 19.8. The van der Waals surface area contributed by atoms with Crippen LogP contribution >= 0.6 is 24.0 Å². The highest BCUT2D eigenvalue weighted by molar-refractivity contribution is 14.0. The molecule has 1 fully saturated rings. The third-order valence-electron chi connectivity index (χ3n) is 4.94. The van der Waals surface area contributed by atoms with Gasteiger partial charge in [0.15, 0.2) is 5.96 Å². The lowest BCUT2D eigenvalue weighted by molar-refractivity contribution is 0.312. The van der Waals surface area contributed by atoms with E-state index in [0.717, 1.165) is 43.7 Å². The van der Waals surface area contributed by atoms with E-state index in [2.05, 4.69) is 43.5 Å². The number of hydrogen-bond donors (Lipinski definition) is 2. The van der Waals surface area contributed by atoms with E-state index in [1.165, 1.54) is 11.1 Å². The lowest BCUT2D eigenvalue weighted by Gasteiger charge is -2.33. The summed E-state index contributed by atoms with van der Waals surface area (Å²) in [4.78, 5) is 13.6. The topological polar surface area (TPSA) is 65.0 Å². The van der Waals surface area contributed by atoms with Gasteiger partial charge in [0.1, 0.15) is 11.6 Å². The Hall–Kier alpha value is -2.07. The van der Waals surface area contributed by atoms with Crippen molar-refractivity contribution in [1.29, 1.82) is 0 Å². The van der Waals surface area contributed by atoms with Gasteiger partial charge in [0.25, 0.3) is 0 Å². The minimum Gasteiger partial charge on any atom is -0.497 e. The fourth-order valence-electron chi connectivity index (χ4n) is 3.11. The van der Waals surface area contributed by atoms with Crippen molar-refractivity contribution >= 4 is 35.8 Å². The zero-order valence-corrected chi connectivity index (χ0v) is 19.7. The first-order valence-corrected chi connectivity index (χ1v) is 9.64. The molecule has 1 aromatic heterocycles. The van der Waals surface area contributed by atoms with Crippen molar-refractivity contribution in [3.63, 3.8) is 0 Å². The summed E-state index contributed by atoms with van der Waals surface area (Å²) in [6.45, 7) is 5.59. The number of nitrogens with zero attached hydrogens (tertiary/aromatic N) is 4. The number of pyridine rings is 1. The smallest absolute Gasteiger partial charge is 0.191 e. The maximum Gasteiger partial charge on any atom is 0.191 e. The summed E-state index contributed by atoms with van der Waals surface area (Å²) in [6.07, 6.45) is 1.89. The van der Waals surface area contributed by atoms with Gasteiger partial charge in [-0.3, -0.25) is 4.99 Å². The summed E-state index contributed by atoms with van der Waals surface area (Å²) in [7, 11) is 5.62. The SMILES string of the molecule is CN=C(NCc1ccc(OC)cc1)NCc1ccnc(N2CCN(C)CC2)c1.I. The third kappa shape index (κ3) is 7.04. The third-order valence-corrected chi connectivity index (χ3v) is 4.94. The molecule has 2 heterocycles. The number of likely N-dealkylation sites (N-methyl/N-ethyl adjacent to an activating group) is 1. The van der Waals surface area contributed by atoms with E-state index in [-0.39, 0.29) is 24.0 Å². The molecule has 0 atom stereocenters. The van der Waals surface area contributed by atoms with Gasteiger partial charge in [-0.15, -0.1) is 24.0 Å². The molecule has 0 amide bonds. The van der Waals surface area contributed by atoms with E-state index in [4.69, 9.17) is 4.74 Å². The molecule has 2 aromatic rings. The molecule has 1 aromatic carbocycles. The monoisotopic (exact) mass is 510 g/mol. The first kappa shape index (κ1) is 23.2. The highest BCUT2D eigenvalue weighted by Gasteiger charge is 2.15. The number of benzene rings is 1.